The van der Waals surface area contributed by atoms with E-state index in [4.69, 9.17) is 0 Å². The van der Waals surface area contributed by atoms with Crippen LogP contribution in [0.3, 0.4) is 0 Å². The molecule has 4 aliphatic rings. The highest BCUT2D eigenvalue weighted by molar-refractivity contribution is 7.98. The fourth-order valence-corrected chi connectivity index (χ4v) is 8.20. The van der Waals surface area contributed by atoms with E-state index < -0.39 is 0 Å². The monoisotopic (exact) mass is 468 g/mol. The third-order valence-corrected chi connectivity index (χ3v) is 9.40. The van der Waals surface area contributed by atoms with Crippen molar-refractivity contribution < 1.29 is 9.59 Å². The number of anilines is 1. The largest absolute Gasteiger partial charge is 0.356 e. The molecule has 1 heterocycles. The lowest BCUT2D eigenvalue weighted by molar-refractivity contribution is -0.146. The van der Waals surface area contributed by atoms with E-state index in [0.717, 1.165) is 53.4 Å². The average molecular weight is 469 g/mol. The van der Waals surface area contributed by atoms with Crippen LogP contribution in [0.1, 0.15) is 56.9 Å². The minimum atomic E-state index is -0.102. The Balaban J connectivity index is 1.07. The number of para-hydroxylation sites is 1. The Hall–Kier alpha value is -1.79. The van der Waals surface area contributed by atoms with Crippen LogP contribution in [0.2, 0.25) is 0 Å². The maximum absolute atomic E-state index is 13.0. The Morgan fingerprint density at radius 1 is 1.03 bits per heavy atom. The number of carbonyl (C=O) groups is 2. The van der Waals surface area contributed by atoms with Crippen LogP contribution in [0.15, 0.2) is 46.0 Å². The third kappa shape index (κ3) is 4.91. The fourth-order valence-electron chi connectivity index (χ4n) is 6.47. The van der Waals surface area contributed by atoms with Crippen molar-refractivity contribution in [3.63, 3.8) is 0 Å². The maximum Gasteiger partial charge on any atom is 0.226 e. The number of rotatable bonds is 9. The van der Waals surface area contributed by atoms with Gasteiger partial charge in [-0.2, -0.15) is 11.3 Å². The summed E-state index contributed by atoms with van der Waals surface area (Å²) in [5.41, 5.74) is 2.07. The number of nitrogens with one attached hydrogen (secondary N) is 2. The summed E-state index contributed by atoms with van der Waals surface area (Å²) in [7, 11) is 0. The van der Waals surface area contributed by atoms with Gasteiger partial charge in [0.2, 0.25) is 11.8 Å². The average Bonchev–Trinajstić information content (AvgIpc) is 3.29. The van der Waals surface area contributed by atoms with E-state index in [1.54, 1.807) is 23.1 Å². The first-order valence-electron chi connectivity index (χ1n) is 11.9. The van der Waals surface area contributed by atoms with Crippen LogP contribution in [-0.2, 0) is 15.3 Å². The van der Waals surface area contributed by atoms with Crippen LogP contribution in [0.4, 0.5) is 5.69 Å². The molecule has 4 saturated carbocycles. The van der Waals surface area contributed by atoms with Crippen molar-refractivity contribution in [2.45, 2.75) is 62.0 Å². The van der Waals surface area contributed by atoms with E-state index in [1.165, 1.54) is 24.8 Å². The van der Waals surface area contributed by atoms with Crippen LogP contribution in [0.25, 0.3) is 0 Å². The number of hydrogen-bond donors (Lipinski definition) is 2. The molecule has 0 aliphatic heterocycles. The van der Waals surface area contributed by atoms with Crippen LogP contribution in [-0.4, -0.2) is 18.4 Å². The van der Waals surface area contributed by atoms with Gasteiger partial charge in [0.05, 0.1) is 5.69 Å². The van der Waals surface area contributed by atoms with Gasteiger partial charge in [-0.1, -0.05) is 12.1 Å². The number of amides is 2. The lowest BCUT2D eigenvalue weighted by Gasteiger charge is -2.55. The van der Waals surface area contributed by atoms with E-state index >= 15 is 0 Å². The predicted octanol–water partition coefficient (Wildman–Crippen LogP) is 6.09. The van der Waals surface area contributed by atoms with Gasteiger partial charge in [0.15, 0.2) is 0 Å². The zero-order valence-corrected chi connectivity index (χ0v) is 20.1. The fraction of sp³-hybridized carbons (Fsp3) is 0.538. The molecule has 0 radical (unpaired) electrons. The van der Waals surface area contributed by atoms with Gasteiger partial charge < -0.3 is 10.6 Å². The first kappa shape index (κ1) is 22.0. The summed E-state index contributed by atoms with van der Waals surface area (Å²) in [6.07, 6.45) is 8.40. The Morgan fingerprint density at radius 3 is 2.44 bits per heavy atom. The molecule has 4 fully saturated rings. The molecular weight excluding hydrogens is 436 g/mol. The lowest BCUT2D eigenvalue weighted by atomic mass is 9.49. The highest BCUT2D eigenvalue weighted by atomic mass is 32.2. The molecule has 4 nitrogen and oxygen atoms in total. The molecular formula is C26H32N2O2S2. The SMILES string of the molecule is O=C(CCCNC(=O)C12CC3CC(CC(C3)C1)C2)Nc1ccccc1SCc1ccsc1. The molecule has 6 rings (SSSR count). The van der Waals surface area contributed by atoms with Crippen molar-refractivity contribution in [3.8, 4) is 0 Å². The molecule has 32 heavy (non-hydrogen) atoms. The zero-order chi connectivity index (χ0) is 22.0. The van der Waals surface area contributed by atoms with Crippen molar-refractivity contribution >= 4 is 40.6 Å². The second-order valence-electron chi connectivity index (χ2n) is 10.0. The molecule has 1 aromatic carbocycles. The molecule has 4 bridgehead atoms. The lowest BCUT2D eigenvalue weighted by Crippen LogP contribution is -2.53. The van der Waals surface area contributed by atoms with Crippen molar-refractivity contribution in [1.29, 1.82) is 0 Å². The predicted molar refractivity (Wildman–Crippen MR) is 132 cm³/mol. The summed E-state index contributed by atoms with van der Waals surface area (Å²) in [6, 6.07) is 10.1. The molecule has 0 atom stereocenters. The first-order chi connectivity index (χ1) is 15.6. The maximum atomic E-state index is 13.0. The van der Waals surface area contributed by atoms with Gasteiger partial charge >= 0.3 is 0 Å². The summed E-state index contributed by atoms with van der Waals surface area (Å²) in [6.45, 7) is 0.586. The zero-order valence-electron chi connectivity index (χ0n) is 18.5. The van der Waals surface area contributed by atoms with Crippen LogP contribution in [0.5, 0.6) is 0 Å². The van der Waals surface area contributed by atoms with Crippen molar-refractivity contribution in [2.24, 2.45) is 23.2 Å². The van der Waals surface area contributed by atoms with Crippen molar-refractivity contribution in [1.82, 2.24) is 5.32 Å². The number of benzene rings is 1. The number of thiophene rings is 1. The normalized spacial score (nSPS) is 27.9. The second-order valence-corrected chi connectivity index (χ2v) is 11.8. The van der Waals surface area contributed by atoms with Crippen molar-refractivity contribution in [3.05, 3.63) is 46.7 Å². The smallest absolute Gasteiger partial charge is 0.226 e. The molecule has 6 heteroatoms. The van der Waals surface area contributed by atoms with Crippen molar-refractivity contribution in [2.75, 3.05) is 11.9 Å². The summed E-state index contributed by atoms with van der Waals surface area (Å²) < 4.78 is 0. The molecule has 2 N–H and O–H groups in total. The van der Waals surface area contributed by atoms with E-state index in [9.17, 15) is 9.59 Å². The second kappa shape index (κ2) is 9.60. The Morgan fingerprint density at radius 2 is 1.75 bits per heavy atom. The molecule has 2 aromatic rings. The molecule has 0 saturated heterocycles. The highest BCUT2D eigenvalue weighted by Gasteiger charge is 2.54. The van der Waals surface area contributed by atoms with Crippen LogP contribution >= 0.6 is 23.1 Å². The summed E-state index contributed by atoms with van der Waals surface area (Å²) in [4.78, 5) is 26.7. The summed E-state index contributed by atoms with van der Waals surface area (Å²) in [5, 5.41) is 10.5. The number of carbonyl (C=O) groups excluding carboxylic acids is 2. The number of hydrogen-bond acceptors (Lipinski definition) is 4. The van der Waals surface area contributed by atoms with Crippen LogP contribution < -0.4 is 10.6 Å². The Labute approximate surface area is 198 Å². The topological polar surface area (TPSA) is 58.2 Å². The van der Waals surface area contributed by atoms with Gasteiger partial charge in [0.1, 0.15) is 0 Å². The summed E-state index contributed by atoms with van der Waals surface area (Å²) >= 11 is 3.45. The van der Waals surface area contributed by atoms with Gasteiger partial charge in [-0.25, -0.2) is 0 Å². The molecule has 170 valence electrons. The first-order valence-corrected chi connectivity index (χ1v) is 13.8. The number of thioether (sulfide) groups is 1. The molecule has 1 aromatic heterocycles. The quantitative estimate of drug-likeness (QED) is 0.346. The van der Waals surface area contributed by atoms with Gasteiger partial charge in [-0.05, 0) is 97.2 Å². The van der Waals surface area contributed by atoms with Gasteiger partial charge in [0, 0.05) is 29.0 Å². The van der Waals surface area contributed by atoms with Gasteiger partial charge in [-0.3, -0.25) is 9.59 Å². The Bertz CT molecular complexity index is 921. The minimum Gasteiger partial charge on any atom is -0.356 e. The highest BCUT2D eigenvalue weighted by Crippen LogP contribution is 2.60. The van der Waals surface area contributed by atoms with E-state index in [2.05, 4.69) is 33.5 Å². The standard InChI is InChI=1S/C26H32N2O2S2/c29-24(28-22-4-1-2-5-23(22)32-17-18-7-9-31-16-18)6-3-8-27-25(30)26-13-19-10-20(14-26)12-21(11-19)15-26/h1-2,4-5,7,9,16,19-21H,3,6,8,10-15,17H2,(H,27,30)(H,28,29). The molecule has 2 amide bonds. The van der Waals surface area contributed by atoms with E-state index in [0.29, 0.717) is 19.4 Å². The summed E-state index contributed by atoms with van der Waals surface area (Å²) in [5.74, 6) is 3.48. The third-order valence-electron chi connectivity index (χ3n) is 7.52. The van der Waals surface area contributed by atoms with E-state index in [-0.39, 0.29) is 17.2 Å². The van der Waals surface area contributed by atoms with E-state index in [1.807, 2.05) is 18.2 Å². The van der Waals surface area contributed by atoms with Crippen LogP contribution in [0, 0.1) is 23.2 Å². The Kier molecular flexibility index (Phi) is 6.61. The van der Waals surface area contributed by atoms with Gasteiger partial charge in [-0.15, -0.1) is 11.8 Å². The van der Waals surface area contributed by atoms with Gasteiger partial charge in [0.25, 0.3) is 0 Å². The molecule has 0 spiro atoms. The molecule has 0 unspecified atom stereocenters. The molecule has 4 aliphatic carbocycles. The minimum absolute atomic E-state index is 0.0117.